The Morgan fingerprint density at radius 2 is 1.79 bits per heavy atom. The van der Waals surface area contributed by atoms with E-state index in [0.29, 0.717) is 34.4 Å². The maximum atomic E-state index is 13.1. The summed E-state index contributed by atoms with van der Waals surface area (Å²) in [6, 6.07) is 12.3. The van der Waals surface area contributed by atoms with Gasteiger partial charge in [0.25, 0.3) is 5.91 Å². The number of aromatic nitrogens is 1. The minimum absolute atomic E-state index is 0.253. The molecule has 0 fully saturated rings. The van der Waals surface area contributed by atoms with Gasteiger partial charge < -0.3 is 19.5 Å². The van der Waals surface area contributed by atoms with Crippen molar-refractivity contribution in [1.29, 1.82) is 0 Å². The van der Waals surface area contributed by atoms with Crippen LogP contribution in [0.1, 0.15) is 21.5 Å². The van der Waals surface area contributed by atoms with E-state index in [1.165, 1.54) is 21.3 Å². The molecule has 172 valence electrons. The van der Waals surface area contributed by atoms with E-state index < -0.39 is 5.91 Å². The lowest BCUT2D eigenvalue weighted by atomic mass is 10.1. The molecule has 0 radical (unpaired) electrons. The first-order valence-electron chi connectivity index (χ1n) is 10.0. The summed E-state index contributed by atoms with van der Waals surface area (Å²) < 4.78 is 16.0. The van der Waals surface area contributed by atoms with E-state index in [9.17, 15) is 4.79 Å². The number of hydrogen-bond donors (Lipinski definition) is 2. The number of rotatable bonds is 7. The highest BCUT2D eigenvalue weighted by Gasteiger charge is 2.18. The molecule has 0 spiro atoms. The largest absolute Gasteiger partial charge is 0.493 e. The molecule has 2 aromatic carbocycles. The molecular weight excluding hydrogens is 444 g/mol. The van der Waals surface area contributed by atoms with Crippen molar-refractivity contribution in [3.05, 3.63) is 76.6 Å². The van der Waals surface area contributed by atoms with E-state index in [1.807, 2.05) is 25.1 Å². The van der Waals surface area contributed by atoms with Crippen molar-refractivity contribution in [1.82, 2.24) is 10.3 Å². The van der Waals surface area contributed by atoms with Crippen LogP contribution in [-0.2, 0) is 6.54 Å². The summed E-state index contributed by atoms with van der Waals surface area (Å²) in [5.41, 5.74) is 2.86. The lowest BCUT2D eigenvalue weighted by molar-refractivity contribution is 0.0976. The van der Waals surface area contributed by atoms with E-state index in [1.54, 1.807) is 36.7 Å². The highest BCUT2D eigenvalue weighted by molar-refractivity contribution is 6.31. The number of halogens is 1. The van der Waals surface area contributed by atoms with Crippen LogP contribution in [0, 0.1) is 6.92 Å². The quantitative estimate of drug-likeness (QED) is 0.392. The number of ether oxygens (including phenoxy) is 3. The van der Waals surface area contributed by atoms with Crippen LogP contribution >= 0.6 is 11.6 Å². The van der Waals surface area contributed by atoms with E-state index in [4.69, 9.17) is 25.8 Å². The second-order valence-corrected chi connectivity index (χ2v) is 7.41. The van der Waals surface area contributed by atoms with E-state index in [0.717, 1.165) is 16.8 Å². The monoisotopic (exact) mass is 468 g/mol. The first kappa shape index (κ1) is 23.9. The predicted molar refractivity (Wildman–Crippen MR) is 129 cm³/mol. The van der Waals surface area contributed by atoms with E-state index in [2.05, 4.69) is 20.6 Å². The number of aryl methyl sites for hydroxylation is 1. The SMILES string of the molecule is COc1cc(C(=O)NC(=NCc2cccnc2)Nc2cc(Cl)ccc2C)cc(OC)c1OC. The Morgan fingerprint density at radius 3 is 2.39 bits per heavy atom. The van der Waals surface area contributed by atoms with Crippen molar-refractivity contribution in [3.8, 4) is 17.2 Å². The fourth-order valence-corrected chi connectivity index (χ4v) is 3.19. The molecule has 0 saturated heterocycles. The topological polar surface area (TPSA) is 94.1 Å². The molecule has 0 saturated carbocycles. The molecule has 9 heteroatoms. The molecular formula is C24H25ClN4O4. The van der Waals surface area contributed by atoms with Crippen molar-refractivity contribution < 1.29 is 19.0 Å². The maximum absolute atomic E-state index is 13.1. The van der Waals surface area contributed by atoms with Crippen molar-refractivity contribution in [2.75, 3.05) is 26.6 Å². The van der Waals surface area contributed by atoms with E-state index >= 15 is 0 Å². The minimum Gasteiger partial charge on any atom is -0.493 e. The molecule has 0 aliphatic carbocycles. The van der Waals surface area contributed by atoms with Crippen molar-refractivity contribution in [2.24, 2.45) is 4.99 Å². The number of methoxy groups -OCH3 is 3. The van der Waals surface area contributed by atoms with Crippen molar-refractivity contribution in [3.63, 3.8) is 0 Å². The average Bonchev–Trinajstić information content (AvgIpc) is 2.84. The highest BCUT2D eigenvalue weighted by Crippen LogP contribution is 2.38. The normalized spacial score (nSPS) is 11.0. The molecule has 0 aliphatic heterocycles. The maximum Gasteiger partial charge on any atom is 0.258 e. The van der Waals surface area contributed by atoms with Gasteiger partial charge >= 0.3 is 0 Å². The number of guanidine groups is 1. The lowest BCUT2D eigenvalue weighted by Crippen LogP contribution is -2.36. The summed E-state index contributed by atoms with van der Waals surface area (Å²) in [6.07, 6.45) is 3.40. The number of nitrogens with one attached hydrogen (secondary N) is 2. The molecule has 0 bridgehead atoms. The van der Waals surface area contributed by atoms with Gasteiger partial charge in [-0.15, -0.1) is 0 Å². The zero-order valence-electron chi connectivity index (χ0n) is 18.8. The van der Waals surface area contributed by atoms with E-state index in [-0.39, 0.29) is 5.96 Å². The molecule has 0 aliphatic rings. The molecule has 2 N–H and O–H groups in total. The third-order valence-electron chi connectivity index (χ3n) is 4.75. The Kier molecular flexibility index (Phi) is 8.10. The molecule has 0 unspecified atom stereocenters. The number of amides is 1. The molecule has 33 heavy (non-hydrogen) atoms. The van der Waals surface area contributed by atoms with Crippen LogP contribution in [0.15, 0.2) is 59.9 Å². The van der Waals surface area contributed by atoms with Gasteiger partial charge in [0.15, 0.2) is 11.5 Å². The molecule has 1 aromatic heterocycles. The number of aliphatic imine (C=N–C) groups is 1. The van der Waals surface area contributed by atoms with Gasteiger partial charge in [-0.2, -0.15) is 0 Å². The minimum atomic E-state index is -0.411. The third kappa shape index (κ3) is 6.14. The van der Waals surface area contributed by atoms with Gasteiger partial charge in [-0.3, -0.25) is 15.1 Å². The first-order valence-corrected chi connectivity index (χ1v) is 10.4. The molecule has 3 aromatic rings. The molecule has 0 atom stereocenters. The van der Waals surface area contributed by atoms with Crippen LogP contribution in [0.5, 0.6) is 17.2 Å². The number of nitrogens with zero attached hydrogens (tertiary/aromatic N) is 2. The number of anilines is 1. The van der Waals surface area contributed by atoms with Crippen LogP contribution < -0.4 is 24.8 Å². The fourth-order valence-electron chi connectivity index (χ4n) is 3.02. The second-order valence-electron chi connectivity index (χ2n) is 6.98. The van der Waals surface area contributed by atoms with Crippen LogP contribution in [0.25, 0.3) is 0 Å². The number of carbonyl (C=O) groups is 1. The summed E-state index contributed by atoms with van der Waals surface area (Å²) in [5.74, 6) is 0.980. The van der Waals surface area contributed by atoms with Crippen LogP contribution in [0.2, 0.25) is 5.02 Å². The molecule has 8 nitrogen and oxygen atoms in total. The summed E-state index contributed by atoms with van der Waals surface area (Å²) in [7, 11) is 4.48. The first-order chi connectivity index (χ1) is 15.9. The summed E-state index contributed by atoms with van der Waals surface area (Å²) >= 11 is 6.16. The lowest BCUT2D eigenvalue weighted by Gasteiger charge is -2.16. The van der Waals surface area contributed by atoms with Crippen molar-refractivity contribution in [2.45, 2.75) is 13.5 Å². The van der Waals surface area contributed by atoms with Gasteiger partial charge in [-0.25, -0.2) is 4.99 Å². The van der Waals surface area contributed by atoms with Gasteiger partial charge in [-0.05, 0) is 48.4 Å². The molecule has 1 amide bonds. The third-order valence-corrected chi connectivity index (χ3v) is 4.99. The number of hydrogen-bond acceptors (Lipinski definition) is 6. The number of benzene rings is 2. The van der Waals surface area contributed by atoms with Crippen LogP contribution in [0.4, 0.5) is 5.69 Å². The summed E-state index contributed by atoms with van der Waals surface area (Å²) in [4.78, 5) is 21.8. The Labute approximate surface area is 197 Å². The zero-order valence-corrected chi connectivity index (χ0v) is 19.6. The smallest absolute Gasteiger partial charge is 0.258 e. The summed E-state index contributed by atoms with van der Waals surface area (Å²) in [6.45, 7) is 2.24. The van der Waals surface area contributed by atoms with Gasteiger partial charge in [0.2, 0.25) is 11.7 Å². The van der Waals surface area contributed by atoms with Gasteiger partial charge in [0, 0.05) is 28.7 Å². The molecule has 3 rings (SSSR count). The Hall–Kier alpha value is -3.78. The zero-order chi connectivity index (χ0) is 23.8. The fraction of sp³-hybridized carbons (Fsp3) is 0.208. The average molecular weight is 469 g/mol. The summed E-state index contributed by atoms with van der Waals surface area (Å²) in [5, 5.41) is 6.55. The van der Waals surface area contributed by atoms with Gasteiger partial charge in [0.05, 0.1) is 27.9 Å². The Balaban J connectivity index is 1.92. The molecule has 1 heterocycles. The number of carbonyl (C=O) groups excluding carboxylic acids is 1. The van der Waals surface area contributed by atoms with Gasteiger partial charge in [0.1, 0.15) is 0 Å². The highest BCUT2D eigenvalue weighted by atomic mass is 35.5. The van der Waals surface area contributed by atoms with Crippen molar-refractivity contribution >= 4 is 29.2 Å². The second kappa shape index (κ2) is 11.2. The van der Waals surface area contributed by atoms with Gasteiger partial charge in [-0.1, -0.05) is 23.7 Å². The predicted octanol–water partition coefficient (Wildman–Crippen LogP) is 4.47. The van der Waals surface area contributed by atoms with Crippen LogP contribution in [-0.4, -0.2) is 38.2 Å². The Morgan fingerprint density at radius 1 is 1.06 bits per heavy atom. The standard InChI is InChI=1S/C24H25ClN4O4/c1-15-7-8-18(25)12-19(15)28-24(27-14-16-6-5-9-26-13-16)29-23(30)17-10-20(31-2)22(33-4)21(11-17)32-3/h5-13H,14H2,1-4H3,(H2,27,28,29,30). The number of pyridine rings is 1. The van der Waals surface area contributed by atoms with Crippen LogP contribution in [0.3, 0.4) is 0 Å². The Bertz CT molecular complexity index is 1130.